The molecule has 0 N–H and O–H groups in total. The minimum atomic E-state index is -0.673. The van der Waals surface area contributed by atoms with E-state index in [1.54, 1.807) is 58.0 Å². The predicted molar refractivity (Wildman–Crippen MR) is 119 cm³/mol. The first-order valence-electron chi connectivity index (χ1n) is 10.4. The molecule has 0 fully saturated rings. The van der Waals surface area contributed by atoms with Crippen LogP contribution in [0.5, 0.6) is 0 Å². The first-order valence-corrected chi connectivity index (χ1v) is 10.4. The van der Waals surface area contributed by atoms with Gasteiger partial charge in [-0.25, -0.2) is 9.59 Å². The van der Waals surface area contributed by atoms with Gasteiger partial charge in [0.2, 0.25) is 5.78 Å². The minimum absolute atomic E-state index is 0.0578. The van der Waals surface area contributed by atoms with Crippen molar-refractivity contribution in [3.63, 3.8) is 0 Å². The van der Waals surface area contributed by atoms with Gasteiger partial charge in [0.05, 0.1) is 30.0 Å². The Morgan fingerprint density at radius 1 is 0.844 bits per heavy atom. The van der Waals surface area contributed by atoms with Gasteiger partial charge in [0.25, 0.3) is 0 Å². The Hall–Kier alpha value is -3.74. The maximum atomic E-state index is 13.6. The van der Waals surface area contributed by atoms with Crippen LogP contribution >= 0.6 is 0 Å². The van der Waals surface area contributed by atoms with Gasteiger partial charge in [0.15, 0.2) is 5.78 Å². The number of ketones is 2. The monoisotopic (exact) mass is 435 g/mol. The van der Waals surface area contributed by atoms with Crippen LogP contribution in [0.25, 0.3) is 5.52 Å². The molecule has 1 aromatic carbocycles. The van der Waals surface area contributed by atoms with E-state index in [0.29, 0.717) is 16.7 Å². The van der Waals surface area contributed by atoms with Crippen LogP contribution in [-0.4, -0.2) is 41.1 Å². The highest BCUT2D eigenvalue weighted by Crippen LogP contribution is 2.31. The first kappa shape index (κ1) is 22.9. The van der Waals surface area contributed by atoms with Crippen molar-refractivity contribution >= 4 is 29.0 Å². The smallest absolute Gasteiger partial charge is 0.355 e. The van der Waals surface area contributed by atoms with E-state index in [-0.39, 0.29) is 52.8 Å². The molecule has 0 aliphatic heterocycles. The number of carbonyl (C=O) groups is 4. The molecule has 0 bridgehead atoms. The van der Waals surface area contributed by atoms with Crippen LogP contribution in [0.4, 0.5) is 0 Å². The average Bonchev–Trinajstić information content (AvgIpc) is 3.05. The number of ether oxygens (including phenoxy) is 2. The van der Waals surface area contributed by atoms with Gasteiger partial charge in [-0.15, -0.1) is 0 Å². The van der Waals surface area contributed by atoms with Gasteiger partial charge in [0.1, 0.15) is 5.69 Å². The highest BCUT2D eigenvalue weighted by molar-refractivity contribution is 6.14. The van der Waals surface area contributed by atoms with Crippen molar-refractivity contribution in [2.24, 2.45) is 0 Å². The van der Waals surface area contributed by atoms with Gasteiger partial charge in [-0.2, -0.15) is 0 Å². The predicted octanol–water partition coefficient (Wildman–Crippen LogP) is 4.34. The zero-order valence-corrected chi connectivity index (χ0v) is 18.8. The van der Waals surface area contributed by atoms with E-state index >= 15 is 0 Å². The van der Waals surface area contributed by atoms with Gasteiger partial charge < -0.3 is 9.47 Å². The number of carbonyl (C=O) groups excluding carboxylic acids is 4. The van der Waals surface area contributed by atoms with E-state index < -0.39 is 11.9 Å². The van der Waals surface area contributed by atoms with Crippen molar-refractivity contribution in [1.29, 1.82) is 0 Å². The lowest BCUT2D eigenvalue weighted by Crippen LogP contribution is -2.18. The number of hydrogen-bond donors (Lipinski definition) is 0. The standard InChI is InChI=1S/C25H25NO6/c1-6-31-24(29)20-15(4)22(25(30)32-7-2)26-19(20)13-18(16(5)27)14(3)21(26)23(28)17-11-9-8-10-12-17/h8-13H,6-7H2,1-5H3. The molecule has 0 aliphatic rings. The first-order chi connectivity index (χ1) is 15.2. The van der Waals surface area contributed by atoms with E-state index in [0.717, 1.165) is 0 Å². The molecule has 0 atom stereocenters. The van der Waals surface area contributed by atoms with E-state index in [1.165, 1.54) is 17.4 Å². The largest absolute Gasteiger partial charge is 0.462 e. The second-order valence-electron chi connectivity index (χ2n) is 7.29. The number of benzene rings is 1. The van der Waals surface area contributed by atoms with Gasteiger partial charge in [-0.3, -0.25) is 14.0 Å². The zero-order valence-electron chi connectivity index (χ0n) is 18.8. The summed E-state index contributed by atoms with van der Waals surface area (Å²) in [6.45, 7) is 8.24. The SMILES string of the molecule is CCOC(=O)c1c(C)c(C(=O)OCC)n2c(C(=O)c3ccccc3)c(C)c(C(C)=O)cc12. The summed E-state index contributed by atoms with van der Waals surface area (Å²) in [5.41, 5.74) is 1.96. The summed E-state index contributed by atoms with van der Waals surface area (Å²) in [6, 6.07) is 10.1. The summed E-state index contributed by atoms with van der Waals surface area (Å²) >= 11 is 0. The summed E-state index contributed by atoms with van der Waals surface area (Å²) in [5.74, 6) is -1.97. The molecular weight excluding hydrogens is 410 g/mol. The highest BCUT2D eigenvalue weighted by atomic mass is 16.5. The number of hydrogen-bond acceptors (Lipinski definition) is 6. The van der Waals surface area contributed by atoms with Crippen LogP contribution in [0.2, 0.25) is 0 Å². The van der Waals surface area contributed by atoms with Gasteiger partial charge in [-0.05, 0) is 51.8 Å². The molecule has 0 amide bonds. The van der Waals surface area contributed by atoms with E-state index in [2.05, 4.69) is 0 Å². The Morgan fingerprint density at radius 2 is 1.44 bits per heavy atom. The molecule has 32 heavy (non-hydrogen) atoms. The van der Waals surface area contributed by atoms with Gasteiger partial charge in [0, 0.05) is 11.1 Å². The molecule has 3 aromatic rings. The van der Waals surface area contributed by atoms with Crippen LogP contribution in [0.15, 0.2) is 36.4 Å². The van der Waals surface area contributed by atoms with Crippen LogP contribution in [-0.2, 0) is 9.47 Å². The summed E-state index contributed by atoms with van der Waals surface area (Å²) in [5, 5.41) is 0. The molecule has 7 nitrogen and oxygen atoms in total. The topological polar surface area (TPSA) is 91.2 Å². The molecule has 0 unspecified atom stereocenters. The van der Waals surface area contributed by atoms with Crippen LogP contribution in [0.3, 0.4) is 0 Å². The molecule has 166 valence electrons. The minimum Gasteiger partial charge on any atom is -0.462 e. The third-order valence-corrected chi connectivity index (χ3v) is 5.29. The quantitative estimate of drug-likeness (QED) is 0.405. The number of rotatable bonds is 7. The molecule has 0 spiro atoms. The second-order valence-corrected chi connectivity index (χ2v) is 7.29. The lowest BCUT2D eigenvalue weighted by Gasteiger charge is -2.15. The maximum absolute atomic E-state index is 13.6. The van der Waals surface area contributed by atoms with Crippen molar-refractivity contribution in [2.45, 2.75) is 34.6 Å². The number of fused-ring (bicyclic) bond motifs is 1. The van der Waals surface area contributed by atoms with Crippen LogP contribution in [0, 0.1) is 13.8 Å². The van der Waals surface area contributed by atoms with Crippen molar-refractivity contribution in [3.8, 4) is 0 Å². The molecule has 0 saturated carbocycles. The Kier molecular flexibility index (Phi) is 6.58. The Balaban J connectivity index is 2.53. The zero-order chi connectivity index (χ0) is 23.6. The molecular formula is C25H25NO6. The van der Waals surface area contributed by atoms with E-state index in [4.69, 9.17) is 9.47 Å². The molecule has 0 saturated heterocycles. The van der Waals surface area contributed by atoms with E-state index in [9.17, 15) is 19.2 Å². The molecule has 2 heterocycles. The molecule has 3 rings (SSSR count). The van der Waals surface area contributed by atoms with Crippen LogP contribution < -0.4 is 0 Å². The summed E-state index contributed by atoms with van der Waals surface area (Å²) in [7, 11) is 0. The number of nitrogens with zero attached hydrogens (tertiary/aromatic N) is 1. The summed E-state index contributed by atoms with van der Waals surface area (Å²) in [6.07, 6.45) is 0. The van der Waals surface area contributed by atoms with E-state index in [1.807, 2.05) is 0 Å². The van der Waals surface area contributed by atoms with Crippen molar-refractivity contribution in [3.05, 3.63) is 75.6 Å². The van der Waals surface area contributed by atoms with Gasteiger partial charge in [-0.1, -0.05) is 30.3 Å². The Morgan fingerprint density at radius 3 is 2.00 bits per heavy atom. The third-order valence-electron chi connectivity index (χ3n) is 5.29. The molecule has 2 aromatic heterocycles. The van der Waals surface area contributed by atoms with Gasteiger partial charge >= 0.3 is 11.9 Å². The molecule has 0 radical (unpaired) electrons. The van der Waals surface area contributed by atoms with Crippen molar-refractivity contribution < 1.29 is 28.7 Å². The number of Topliss-reactive ketones (excluding diaryl/α,β-unsaturated/α-hetero) is 1. The average molecular weight is 435 g/mol. The van der Waals surface area contributed by atoms with Crippen molar-refractivity contribution in [2.75, 3.05) is 13.2 Å². The summed E-state index contributed by atoms with van der Waals surface area (Å²) < 4.78 is 11.9. The lowest BCUT2D eigenvalue weighted by atomic mass is 9.97. The Labute approximate surface area is 185 Å². The second kappa shape index (κ2) is 9.18. The number of aromatic nitrogens is 1. The number of esters is 2. The summed E-state index contributed by atoms with van der Waals surface area (Å²) in [4.78, 5) is 51.8. The molecule has 0 aliphatic carbocycles. The fraction of sp³-hybridized carbons (Fsp3) is 0.280. The lowest BCUT2D eigenvalue weighted by molar-refractivity contribution is 0.0517. The highest BCUT2D eigenvalue weighted by Gasteiger charge is 2.31. The number of pyridine rings is 1. The third kappa shape index (κ3) is 3.82. The fourth-order valence-corrected chi connectivity index (χ4v) is 3.89. The maximum Gasteiger partial charge on any atom is 0.355 e. The van der Waals surface area contributed by atoms with Crippen LogP contribution in [0.1, 0.15) is 79.2 Å². The Bertz CT molecular complexity index is 1240. The van der Waals surface area contributed by atoms with Crippen molar-refractivity contribution in [1.82, 2.24) is 4.40 Å². The molecule has 7 heteroatoms. The normalized spacial score (nSPS) is 10.8. The fourth-order valence-electron chi connectivity index (χ4n) is 3.89.